The number of hydrogen-bond donors (Lipinski definition) is 1. The summed E-state index contributed by atoms with van der Waals surface area (Å²) in [7, 11) is 0. The molecule has 1 aliphatic heterocycles. The van der Waals surface area contributed by atoms with Crippen molar-refractivity contribution < 1.29 is 9.59 Å². The number of nitrogens with zero attached hydrogens (tertiary/aromatic N) is 2. The van der Waals surface area contributed by atoms with E-state index in [0.29, 0.717) is 25.4 Å². The van der Waals surface area contributed by atoms with E-state index in [-0.39, 0.29) is 11.8 Å². The normalized spacial score (nSPS) is 26.7. The number of nitrogens with one attached hydrogen (secondary N) is 1. The van der Waals surface area contributed by atoms with Crippen LogP contribution in [0.3, 0.4) is 0 Å². The van der Waals surface area contributed by atoms with Gasteiger partial charge in [0.15, 0.2) is 0 Å². The molecule has 0 bridgehead atoms. The fraction of sp³-hybridized carbons (Fsp3) is 0.667. The van der Waals surface area contributed by atoms with E-state index in [4.69, 9.17) is 0 Å². The summed E-state index contributed by atoms with van der Waals surface area (Å²) in [5.41, 5.74) is 0.323. The van der Waals surface area contributed by atoms with Gasteiger partial charge in [-0.15, -0.1) is 11.3 Å². The SMILES string of the molecule is Cc1csc(CCN2CCC(=O)NC(C)(C3CC3)C2=O)n1. The summed E-state index contributed by atoms with van der Waals surface area (Å²) >= 11 is 1.63. The van der Waals surface area contributed by atoms with E-state index in [1.54, 1.807) is 11.3 Å². The number of thiazole rings is 1. The number of aryl methyl sites for hydroxylation is 1. The van der Waals surface area contributed by atoms with Crippen LogP contribution in [0.4, 0.5) is 0 Å². The summed E-state index contributed by atoms with van der Waals surface area (Å²) < 4.78 is 0. The maximum absolute atomic E-state index is 12.8. The maximum atomic E-state index is 12.8. The second kappa shape index (κ2) is 5.40. The van der Waals surface area contributed by atoms with Gasteiger partial charge in [0.25, 0.3) is 0 Å². The monoisotopic (exact) mass is 307 g/mol. The molecule has 2 heterocycles. The zero-order valence-electron chi connectivity index (χ0n) is 12.5. The summed E-state index contributed by atoms with van der Waals surface area (Å²) in [6.07, 6.45) is 3.22. The molecule has 6 heteroatoms. The first-order chi connectivity index (χ1) is 9.99. The van der Waals surface area contributed by atoms with Crippen molar-refractivity contribution in [3.63, 3.8) is 0 Å². The molecule has 3 rings (SSSR count). The molecule has 114 valence electrons. The van der Waals surface area contributed by atoms with Gasteiger partial charge in [-0.3, -0.25) is 9.59 Å². The minimum atomic E-state index is -0.702. The molecule has 21 heavy (non-hydrogen) atoms. The molecular formula is C15H21N3O2S. The highest BCUT2D eigenvalue weighted by Gasteiger charge is 2.50. The molecule has 1 aromatic heterocycles. The molecule has 1 N–H and O–H groups in total. The zero-order valence-corrected chi connectivity index (χ0v) is 13.3. The fourth-order valence-electron chi connectivity index (χ4n) is 2.97. The van der Waals surface area contributed by atoms with Crippen molar-refractivity contribution in [3.05, 3.63) is 16.1 Å². The lowest BCUT2D eigenvalue weighted by molar-refractivity contribution is -0.139. The number of hydrogen-bond acceptors (Lipinski definition) is 4. The van der Waals surface area contributed by atoms with Gasteiger partial charge in [0.1, 0.15) is 5.54 Å². The highest BCUT2D eigenvalue weighted by molar-refractivity contribution is 7.09. The van der Waals surface area contributed by atoms with Crippen LogP contribution in [-0.4, -0.2) is 40.3 Å². The Kier molecular flexibility index (Phi) is 3.73. The largest absolute Gasteiger partial charge is 0.342 e. The lowest BCUT2D eigenvalue weighted by Gasteiger charge is -2.32. The van der Waals surface area contributed by atoms with Crippen LogP contribution < -0.4 is 5.32 Å². The molecular weight excluding hydrogens is 286 g/mol. The molecule has 0 spiro atoms. The van der Waals surface area contributed by atoms with Gasteiger partial charge >= 0.3 is 0 Å². The zero-order chi connectivity index (χ0) is 15.0. The molecule has 1 aromatic rings. The van der Waals surface area contributed by atoms with Gasteiger partial charge in [-0.2, -0.15) is 0 Å². The first-order valence-corrected chi connectivity index (χ1v) is 8.38. The number of carbonyl (C=O) groups is 2. The molecule has 1 saturated carbocycles. The summed E-state index contributed by atoms with van der Waals surface area (Å²) in [5, 5.41) is 6.04. The molecule has 1 atom stereocenters. The van der Waals surface area contributed by atoms with E-state index in [1.165, 1.54) is 0 Å². The summed E-state index contributed by atoms with van der Waals surface area (Å²) in [5.74, 6) is 0.367. The van der Waals surface area contributed by atoms with Crippen molar-refractivity contribution in [2.75, 3.05) is 13.1 Å². The van der Waals surface area contributed by atoms with Crippen LogP contribution in [0.15, 0.2) is 5.38 Å². The van der Waals surface area contributed by atoms with E-state index in [0.717, 1.165) is 30.0 Å². The van der Waals surface area contributed by atoms with E-state index < -0.39 is 5.54 Å². The Morgan fingerprint density at radius 2 is 2.24 bits per heavy atom. The second-order valence-corrected chi connectivity index (χ2v) is 7.14. The number of aromatic nitrogens is 1. The topological polar surface area (TPSA) is 62.3 Å². The van der Waals surface area contributed by atoms with Gasteiger partial charge in [-0.05, 0) is 32.6 Å². The Balaban J connectivity index is 1.71. The quantitative estimate of drug-likeness (QED) is 0.917. The van der Waals surface area contributed by atoms with Crippen molar-refractivity contribution in [1.29, 1.82) is 0 Å². The summed E-state index contributed by atoms with van der Waals surface area (Å²) in [4.78, 5) is 31.0. The van der Waals surface area contributed by atoms with Gasteiger partial charge in [0.2, 0.25) is 11.8 Å². The van der Waals surface area contributed by atoms with Crippen LogP contribution in [0.5, 0.6) is 0 Å². The van der Waals surface area contributed by atoms with Crippen molar-refractivity contribution in [2.24, 2.45) is 5.92 Å². The van der Waals surface area contributed by atoms with Crippen LogP contribution in [0.25, 0.3) is 0 Å². The van der Waals surface area contributed by atoms with Crippen LogP contribution in [0.2, 0.25) is 0 Å². The predicted octanol–water partition coefficient (Wildman–Crippen LogP) is 1.51. The van der Waals surface area contributed by atoms with E-state index in [2.05, 4.69) is 10.3 Å². The minimum Gasteiger partial charge on any atom is -0.342 e. The van der Waals surface area contributed by atoms with Gasteiger partial charge < -0.3 is 10.2 Å². The van der Waals surface area contributed by atoms with Crippen molar-refractivity contribution >= 4 is 23.2 Å². The molecule has 2 amide bonds. The van der Waals surface area contributed by atoms with Gasteiger partial charge in [0.05, 0.1) is 5.01 Å². The summed E-state index contributed by atoms with van der Waals surface area (Å²) in [6.45, 7) is 5.01. The summed E-state index contributed by atoms with van der Waals surface area (Å²) in [6, 6.07) is 0. The molecule has 5 nitrogen and oxygen atoms in total. The molecule has 2 fully saturated rings. The average molecular weight is 307 g/mol. The fourth-order valence-corrected chi connectivity index (χ4v) is 3.74. The molecule has 1 saturated heterocycles. The van der Waals surface area contributed by atoms with E-state index in [1.807, 2.05) is 24.1 Å². The predicted molar refractivity (Wildman–Crippen MR) is 81.0 cm³/mol. The van der Waals surface area contributed by atoms with Crippen LogP contribution >= 0.6 is 11.3 Å². The third-order valence-electron chi connectivity index (χ3n) is 4.40. The van der Waals surface area contributed by atoms with Gasteiger partial charge in [-0.1, -0.05) is 0 Å². The Morgan fingerprint density at radius 3 is 2.86 bits per heavy atom. The van der Waals surface area contributed by atoms with Crippen LogP contribution in [0.1, 0.15) is 36.9 Å². The van der Waals surface area contributed by atoms with Gasteiger partial charge in [0, 0.05) is 37.0 Å². The van der Waals surface area contributed by atoms with Crippen molar-refractivity contribution in [1.82, 2.24) is 15.2 Å². The highest BCUT2D eigenvalue weighted by Crippen LogP contribution is 2.41. The molecule has 1 aliphatic carbocycles. The molecule has 1 unspecified atom stereocenters. The van der Waals surface area contributed by atoms with E-state index in [9.17, 15) is 9.59 Å². The minimum absolute atomic E-state index is 0.00894. The Hall–Kier alpha value is -1.43. The Bertz CT molecular complexity index is 567. The standard InChI is InChI=1S/C15H21N3O2S/c1-10-9-21-13(16-10)6-8-18-7-5-12(19)17-15(2,14(18)20)11-3-4-11/h9,11H,3-8H2,1-2H3,(H,17,19). The Morgan fingerprint density at radius 1 is 1.48 bits per heavy atom. The van der Waals surface area contributed by atoms with Crippen LogP contribution in [0, 0.1) is 12.8 Å². The lowest BCUT2D eigenvalue weighted by atomic mass is 9.94. The third kappa shape index (κ3) is 2.95. The smallest absolute Gasteiger partial charge is 0.248 e. The highest BCUT2D eigenvalue weighted by atomic mass is 32.1. The first-order valence-electron chi connectivity index (χ1n) is 7.50. The van der Waals surface area contributed by atoms with Gasteiger partial charge in [-0.25, -0.2) is 4.98 Å². The molecule has 0 radical (unpaired) electrons. The third-order valence-corrected chi connectivity index (χ3v) is 5.42. The van der Waals surface area contributed by atoms with Crippen LogP contribution in [-0.2, 0) is 16.0 Å². The second-order valence-electron chi connectivity index (χ2n) is 6.20. The number of amides is 2. The van der Waals surface area contributed by atoms with Crippen molar-refractivity contribution in [2.45, 2.75) is 45.1 Å². The molecule has 0 aromatic carbocycles. The average Bonchev–Trinajstić information content (AvgIpc) is 3.22. The van der Waals surface area contributed by atoms with E-state index >= 15 is 0 Å². The molecule has 2 aliphatic rings. The maximum Gasteiger partial charge on any atom is 0.248 e. The first kappa shape index (κ1) is 14.5. The van der Waals surface area contributed by atoms with Crippen molar-refractivity contribution in [3.8, 4) is 0 Å². The number of rotatable bonds is 4. The Labute approximate surface area is 128 Å². The number of carbonyl (C=O) groups excluding carboxylic acids is 2. The lowest BCUT2D eigenvalue weighted by Crippen LogP contribution is -2.56.